The van der Waals surface area contributed by atoms with Gasteiger partial charge in [-0.2, -0.15) is 0 Å². The Morgan fingerprint density at radius 3 is 2.61 bits per heavy atom. The number of halogens is 1. The topological polar surface area (TPSA) is 59.3 Å². The first-order valence-electron chi connectivity index (χ1n) is 5.46. The molecule has 0 saturated carbocycles. The van der Waals surface area contributed by atoms with E-state index in [1.54, 1.807) is 31.3 Å². The van der Waals surface area contributed by atoms with Crippen LogP contribution in [0.5, 0.6) is 0 Å². The van der Waals surface area contributed by atoms with Crippen molar-refractivity contribution in [1.29, 1.82) is 0 Å². The molecule has 1 aromatic carbocycles. The van der Waals surface area contributed by atoms with E-state index in [0.29, 0.717) is 21.5 Å². The third kappa shape index (κ3) is 1.88. The van der Waals surface area contributed by atoms with Gasteiger partial charge in [-0.1, -0.05) is 23.7 Å². The first-order valence-corrected chi connectivity index (χ1v) is 5.84. The van der Waals surface area contributed by atoms with Gasteiger partial charge in [0.15, 0.2) is 5.78 Å². The SMILES string of the molecule is CC(=O)c1cn(C(C)C(=O)O)c2c(Cl)cccc12. The highest BCUT2D eigenvalue weighted by molar-refractivity contribution is 6.35. The maximum absolute atomic E-state index is 11.6. The number of carbonyl (C=O) groups is 2. The van der Waals surface area contributed by atoms with Crippen molar-refractivity contribution in [2.24, 2.45) is 0 Å². The van der Waals surface area contributed by atoms with Crippen molar-refractivity contribution in [2.45, 2.75) is 19.9 Å². The van der Waals surface area contributed by atoms with Crippen molar-refractivity contribution in [1.82, 2.24) is 4.57 Å². The Morgan fingerprint density at radius 2 is 2.06 bits per heavy atom. The van der Waals surface area contributed by atoms with Crippen molar-refractivity contribution in [3.63, 3.8) is 0 Å². The number of para-hydroxylation sites is 1. The van der Waals surface area contributed by atoms with Crippen LogP contribution in [0.25, 0.3) is 10.9 Å². The molecule has 0 radical (unpaired) electrons. The van der Waals surface area contributed by atoms with Gasteiger partial charge in [-0.25, -0.2) is 4.79 Å². The van der Waals surface area contributed by atoms with E-state index in [4.69, 9.17) is 16.7 Å². The molecule has 4 nitrogen and oxygen atoms in total. The van der Waals surface area contributed by atoms with Gasteiger partial charge in [0.05, 0.1) is 10.5 Å². The van der Waals surface area contributed by atoms with Gasteiger partial charge >= 0.3 is 5.97 Å². The van der Waals surface area contributed by atoms with Crippen LogP contribution in [0.15, 0.2) is 24.4 Å². The van der Waals surface area contributed by atoms with Crippen LogP contribution in [0.4, 0.5) is 0 Å². The third-order valence-corrected chi connectivity index (χ3v) is 3.26. The molecular weight excluding hydrogens is 254 g/mol. The molecule has 2 rings (SSSR count). The van der Waals surface area contributed by atoms with Crippen molar-refractivity contribution >= 4 is 34.3 Å². The van der Waals surface area contributed by atoms with E-state index in [1.807, 2.05) is 0 Å². The molecule has 0 aliphatic rings. The van der Waals surface area contributed by atoms with Crippen LogP contribution in [-0.2, 0) is 4.79 Å². The summed E-state index contributed by atoms with van der Waals surface area (Å²) < 4.78 is 1.52. The fraction of sp³-hybridized carbons (Fsp3) is 0.231. The van der Waals surface area contributed by atoms with E-state index < -0.39 is 12.0 Å². The van der Waals surface area contributed by atoms with E-state index in [1.165, 1.54) is 11.5 Å². The molecule has 0 aliphatic carbocycles. The van der Waals surface area contributed by atoms with E-state index in [9.17, 15) is 9.59 Å². The normalized spacial score (nSPS) is 12.6. The number of carboxylic acids is 1. The Morgan fingerprint density at radius 1 is 1.39 bits per heavy atom. The zero-order chi connectivity index (χ0) is 13.4. The molecular formula is C13H12ClNO3. The summed E-state index contributed by atoms with van der Waals surface area (Å²) in [6.45, 7) is 3.00. The lowest BCUT2D eigenvalue weighted by molar-refractivity contribution is -0.140. The molecule has 0 aliphatic heterocycles. The van der Waals surface area contributed by atoms with Crippen LogP contribution in [0, 0.1) is 0 Å². The number of hydrogen-bond acceptors (Lipinski definition) is 2. The summed E-state index contributed by atoms with van der Waals surface area (Å²) in [6, 6.07) is 4.41. The van der Waals surface area contributed by atoms with Crippen molar-refractivity contribution in [2.75, 3.05) is 0 Å². The molecule has 18 heavy (non-hydrogen) atoms. The number of ketones is 1. The number of fused-ring (bicyclic) bond motifs is 1. The third-order valence-electron chi connectivity index (χ3n) is 2.96. The summed E-state index contributed by atoms with van der Waals surface area (Å²) in [5.74, 6) is -1.08. The molecule has 1 N–H and O–H groups in total. The van der Waals surface area contributed by atoms with E-state index >= 15 is 0 Å². The monoisotopic (exact) mass is 265 g/mol. The number of aliphatic carboxylic acids is 1. The average molecular weight is 266 g/mol. The second kappa shape index (κ2) is 4.46. The molecule has 1 heterocycles. The molecule has 0 amide bonds. The number of aromatic nitrogens is 1. The molecule has 94 valence electrons. The summed E-state index contributed by atoms with van der Waals surface area (Å²) in [5.41, 5.74) is 1.07. The standard InChI is InChI=1S/C13H12ClNO3/c1-7(13(17)18)15-6-10(8(2)16)9-4-3-5-11(14)12(9)15/h3-7H,1-2H3,(H,17,18). The van der Waals surface area contributed by atoms with Gasteiger partial charge in [-0.3, -0.25) is 4.79 Å². The lowest BCUT2D eigenvalue weighted by atomic mass is 10.1. The first-order chi connectivity index (χ1) is 8.43. The van der Waals surface area contributed by atoms with Crippen LogP contribution in [0.1, 0.15) is 30.2 Å². The zero-order valence-electron chi connectivity index (χ0n) is 9.98. The first kappa shape index (κ1) is 12.6. The molecule has 0 fully saturated rings. The summed E-state index contributed by atoms with van der Waals surface area (Å²) in [6.07, 6.45) is 1.55. The summed E-state index contributed by atoms with van der Waals surface area (Å²) in [4.78, 5) is 22.7. The minimum atomic E-state index is -0.970. The zero-order valence-corrected chi connectivity index (χ0v) is 10.7. The minimum Gasteiger partial charge on any atom is -0.480 e. The van der Waals surface area contributed by atoms with Crippen LogP contribution < -0.4 is 0 Å². The van der Waals surface area contributed by atoms with Crippen LogP contribution in [-0.4, -0.2) is 21.4 Å². The molecule has 2 aromatic rings. The highest BCUT2D eigenvalue weighted by Gasteiger charge is 2.20. The molecule has 0 bridgehead atoms. The predicted molar refractivity (Wildman–Crippen MR) is 69.3 cm³/mol. The summed E-state index contributed by atoms with van der Waals surface area (Å²) >= 11 is 6.10. The van der Waals surface area contributed by atoms with Crippen molar-refractivity contribution in [3.8, 4) is 0 Å². The second-order valence-electron chi connectivity index (χ2n) is 4.16. The summed E-state index contributed by atoms with van der Waals surface area (Å²) in [7, 11) is 0. The molecule has 1 aromatic heterocycles. The van der Waals surface area contributed by atoms with Gasteiger partial charge in [0.2, 0.25) is 0 Å². The lowest BCUT2D eigenvalue weighted by Crippen LogP contribution is -2.14. The number of rotatable bonds is 3. The Bertz CT molecular complexity index is 645. The molecule has 5 heteroatoms. The van der Waals surface area contributed by atoms with Gasteiger partial charge in [0.1, 0.15) is 6.04 Å². The predicted octanol–water partition coefficient (Wildman–Crippen LogP) is 3.14. The smallest absolute Gasteiger partial charge is 0.326 e. The maximum atomic E-state index is 11.6. The highest BCUT2D eigenvalue weighted by Crippen LogP contribution is 2.30. The van der Waals surface area contributed by atoms with Crippen LogP contribution in [0.3, 0.4) is 0 Å². The molecule has 1 atom stereocenters. The maximum Gasteiger partial charge on any atom is 0.326 e. The van der Waals surface area contributed by atoms with E-state index in [2.05, 4.69) is 0 Å². The second-order valence-corrected chi connectivity index (χ2v) is 4.56. The van der Waals surface area contributed by atoms with E-state index in [-0.39, 0.29) is 5.78 Å². The molecule has 0 saturated heterocycles. The number of carboxylic acid groups (broad SMARTS) is 1. The number of benzene rings is 1. The van der Waals surface area contributed by atoms with Gasteiger partial charge in [-0.05, 0) is 19.9 Å². The molecule has 1 unspecified atom stereocenters. The lowest BCUT2D eigenvalue weighted by Gasteiger charge is -2.10. The largest absolute Gasteiger partial charge is 0.480 e. The molecule has 0 spiro atoms. The van der Waals surface area contributed by atoms with Gasteiger partial charge in [-0.15, -0.1) is 0 Å². The van der Waals surface area contributed by atoms with Crippen LogP contribution >= 0.6 is 11.6 Å². The highest BCUT2D eigenvalue weighted by atomic mass is 35.5. The Labute approximate surface area is 109 Å². The quantitative estimate of drug-likeness (QED) is 0.868. The fourth-order valence-electron chi connectivity index (χ4n) is 1.97. The Hall–Kier alpha value is -1.81. The Kier molecular flexibility index (Phi) is 3.13. The van der Waals surface area contributed by atoms with Crippen molar-refractivity contribution < 1.29 is 14.7 Å². The number of hydrogen-bond donors (Lipinski definition) is 1. The van der Waals surface area contributed by atoms with E-state index in [0.717, 1.165) is 0 Å². The average Bonchev–Trinajstić information content (AvgIpc) is 2.68. The van der Waals surface area contributed by atoms with Crippen LogP contribution in [0.2, 0.25) is 5.02 Å². The number of nitrogens with zero attached hydrogens (tertiary/aromatic N) is 1. The number of Topliss-reactive ketones (excluding diaryl/α,β-unsaturated/α-hetero) is 1. The van der Waals surface area contributed by atoms with Gasteiger partial charge < -0.3 is 9.67 Å². The van der Waals surface area contributed by atoms with Gasteiger partial charge in [0, 0.05) is 17.1 Å². The minimum absolute atomic E-state index is 0.112. The fourth-order valence-corrected chi connectivity index (χ4v) is 2.25. The number of carbonyl (C=O) groups excluding carboxylic acids is 1. The van der Waals surface area contributed by atoms with Gasteiger partial charge in [0.25, 0.3) is 0 Å². The van der Waals surface area contributed by atoms with Crippen molar-refractivity contribution in [3.05, 3.63) is 35.0 Å². The Balaban J connectivity index is 2.82. The summed E-state index contributed by atoms with van der Waals surface area (Å²) in [5, 5.41) is 10.2.